The van der Waals surface area contributed by atoms with Gasteiger partial charge in [-0.3, -0.25) is 4.79 Å². The number of hydrogen-bond donors (Lipinski definition) is 2. The molecule has 0 aliphatic heterocycles. The summed E-state index contributed by atoms with van der Waals surface area (Å²) >= 11 is -1.72. The maximum absolute atomic E-state index is 13.0. The number of carbonyl (C=O) groups excluding carboxylic acids is 1. The van der Waals surface area contributed by atoms with E-state index < -0.39 is 17.4 Å². The first kappa shape index (κ1) is 51.4. The molecule has 0 heterocycles. The highest BCUT2D eigenvalue weighted by molar-refractivity contribution is 7.54. The van der Waals surface area contributed by atoms with Crippen molar-refractivity contribution in [2.75, 3.05) is 79.1 Å². The predicted molar refractivity (Wildman–Crippen MR) is 246 cm³/mol. The molecule has 0 bridgehead atoms. The van der Waals surface area contributed by atoms with Gasteiger partial charge in [0.15, 0.2) is 5.78 Å². The second-order valence-electron chi connectivity index (χ2n) is 12.4. The third-order valence-corrected chi connectivity index (χ3v) is 9.28. The number of carboxylic acid groups (broad SMARTS) is 1. The van der Waals surface area contributed by atoms with Crippen molar-refractivity contribution < 1.29 is 24.5 Å². The van der Waals surface area contributed by atoms with Crippen LogP contribution in [0.15, 0.2) is 91.0 Å². The summed E-state index contributed by atoms with van der Waals surface area (Å²) < 4.78 is 5.51. The lowest BCUT2D eigenvalue weighted by Gasteiger charge is -2.22. The zero-order valence-corrected chi connectivity index (χ0v) is 38.6. The zero-order valence-electron chi connectivity index (χ0n) is 35.1. The molecule has 0 saturated heterocycles. The van der Waals surface area contributed by atoms with Crippen molar-refractivity contribution in [3.8, 4) is 5.75 Å². The molecular weight excluding hydrogens is 798 g/mol. The molecule has 0 fully saturated rings. The molecule has 0 radical (unpaired) electrons. The zero-order chi connectivity index (χ0) is 42.9. The van der Waals surface area contributed by atoms with E-state index in [1.807, 2.05) is 72.8 Å². The van der Waals surface area contributed by atoms with E-state index >= 15 is 0 Å². The van der Waals surface area contributed by atoms with Crippen molar-refractivity contribution in [2.24, 2.45) is 0 Å². The van der Waals surface area contributed by atoms with Gasteiger partial charge in [-0.25, -0.2) is 34.9 Å². The largest absolute Gasteiger partial charge is 0.643 e. The molecule has 0 spiro atoms. The molecule has 57 heavy (non-hydrogen) atoms. The van der Waals surface area contributed by atoms with Crippen molar-refractivity contribution in [3.63, 3.8) is 0 Å². The number of ketones is 1. The number of carboxylic acids is 1. The molecule has 0 unspecified atom stereocenters. The molecule has 0 saturated carbocycles. The lowest BCUT2D eigenvalue weighted by Crippen LogP contribution is -2.22. The Hall–Kier alpha value is -3.62. The number of methoxy groups -OCH3 is 1. The maximum atomic E-state index is 13.0. The SMILES string of the molecule is CCN(CC)c1ccc(C(=O)O)cc1.CCN(CC)c1ccc(C(=O)c2ccc(N(CC)CC)cc2OC)cc1.CCN(CC)c1cccc(CO)c1.[Cl][Al]([Cl])[Cl]. The Kier molecular flexibility index (Phi) is 25.9. The average Bonchev–Trinajstić information content (AvgIpc) is 3.23. The Morgan fingerprint density at radius 2 is 0.930 bits per heavy atom. The summed E-state index contributed by atoms with van der Waals surface area (Å²) in [4.78, 5) is 32.5. The van der Waals surface area contributed by atoms with E-state index in [0.717, 1.165) is 75.0 Å². The fourth-order valence-corrected chi connectivity index (χ4v) is 6.06. The first-order chi connectivity index (χ1) is 27.3. The molecule has 2 N–H and O–H groups in total. The summed E-state index contributed by atoms with van der Waals surface area (Å²) in [5, 5.41) is 17.7. The number of anilines is 4. The Bertz CT molecular complexity index is 1710. The number of carbonyl (C=O) groups is 2. The van der Waals surface area contributed by atoms with Gasteiger partial charge in [0.25, 0.3) is 0 Å². The summed E-state index contributed by atoms with van der Waals surface area (Å²) in [5.74, 6) is -0.276. The van der Waals surface area contributed by atoms with Crippen LogP contribution < -0.4 is 24.3 Å². The number of nitrogens with zero attached hydrogens (tertiary/aromatic N) is 4. The normalized spacial score (nSPS) is 9.98. The van der Waals surface area contributed by atoms with Crippen LogP contribution in [0.2, 0.25) is 0 Å². The highest BCUT2D eigenvalue weighted by Gasteiger charge is 2.17. The van der Waals surface area contributed by atoms with Gasteiger partial charge in [0.1, 0.15) is 5.75 Å². The van der Waals surface area contributed by atoms with Crippen LogP contribution in [0.5, 0.6) is 5.75 Å². The number of aliphatic hydroxyl groups excluding tert-OH is 1. The molecule has 4 aromatic rings. The number of aromatic carboxylic acids is 1. The summed E-state index contributed by atoms with van der Waals surface area (Å²) in [7, 11) is 16.4. The van der Waals surface area contributed by atoms with Gasteiger partial charge in [-0.2, -0.15) is 0 Å². The van der Waals surface area contributed by atoms with Crippen molar-refractivity contribution in [2.45, 2.75) is 62.0 Å². The van der Waals surface area contributed by atoms with E-state index in [-0.39, 0.29) is 12.4 Å². The smallest absolute Gasteiger partial charge is 0.496 e. The molecular formula is C44H62AlCl3N4O5. The second kappa shape index (κ2) is 28.7. The molecule has 0 aliphatic rings. The molecule has 0 atom stereocenters. The lowest BCUT2D eigenvalue weighted by atomic mass is 10.0. The van der Waals surface area contributed by atoms with Gasteiger partial charge in [-0.05, 0) is 134 Å². The number of rotatable bonds is 17. The van der Waals surface area contributed by atoms with Crippen LogP contribution in [-0.2, 0) is 6.61 Å². The van der Waals surface area contributed by atoms with Crippen LogP contribution in [0.25, 0.3) is 0 Å². The summed E-state index contributed by atoms with van der Waals surface area (Å²) in [6, 6.07) is 28.6. The van der Waals surface area contributed by atoms with Crippen LogP contribution >= 0.6 is 30.1 Å². The van der Waals surface area contributed by atoms with Crippen LogP contribution in [0.3, 0.4) is 0 Å². The Morgan fingerprint density at radius 3 is 1.30 bits per heavy atom. The van der Waals surface area contributed by atoms with E-state index in [1.165, 1.54) is 5.69 Å². The van der Waals surface area contributed by atoms with Gasteiger partial charge in [0, 0.05) is 86.7 Å². The first-order valence-corrected chi connectivity index (χ1v) is 24.8. The van der Waals surface area contributed by atoms with Crippen LogP contribution in [0.1, 0.15) is 87.2 Å². The molecule has 0 aliphatic carbocycles. The van der Waals surface area contributed by atoms with Gasteiger partial charge < -0.3 is 34.5 Å². The third kappa shape index (κ3) is 17.4. The topological polar surface area (TPSA) is 96.8 Å². The number of aliphatic hydroxyl groups is 1. The minimum absolute atomic E-state index is 0.0148. The van der Waals surface area contributed by atoms with Gasteiger partial charge in [-0.1, -0.05) is 12.1 Å². The van der Waals surface area contributed by atoms with Gasteiger partial charge >= 0.3 is 17.4 Å². The van der Waals surface area contributed by atoms with E-state index in [1.54, 1.807) is 19.2 Å². The monoisotopic (exact) mass is 858 g/mol. The molecule has 0 aromatic heterocycles. The number of halogens is 3. The number of ether oxygens (including phenoxy) is 1. The van der Waals surface area contributed by atoms with Crippen LogP contribution in [0.4, 0.5) is 22.7 Å². The predicted octanol–water partition coefficient (Wildman–Crippen LogP) is 10.6. The lowest BCUT2D eigenvalue weighted by molar-refractivity contribution is 0.0696. The van der Waals surface area contributed by atoms with Gasteiger partial charge in [-0.15, -0.1) is 0 Å². The highest BCUT2D eigenvalue weighted by atomic mass is 35.8. The maximum Gasteiger partial charge on any atom is 0.643 e. The van der Waals surface area contributed by atoms with Gasteiger partial charge in [0.05, 0.1) is 24.8 Å². The molecule has 0 amide bonds. The number of benzene rings is 4. The molecule has 312 valence electrons. The van der Waals surface area contributed by atoms with E-state index in [2.05, 4.69) is 81.1 Å². The quantitative estimate of drug-likeness (QED) is 0.0795. The Labute approximate surface area is 358 Å². The second-order valence-corrected chi connectivity index (χ2v) is 18.8. The van der Waals surface area contributed by atoms with Crippen LogP contribution in [-0.4, -0.2) is 92.8 Å². The molecule has 9 nitrogen and oxygen atoms in total. The Balaban J connectivity index is 0.000000441. The minimum atomic E-state index is -1.72. The number of hydrogen-bond acceptors (Lipinski definition) is 8. The van der Waals surface area contributed by atoms with E-state index in [4.69, 9.17) is 45.1 Å². The van der Waals surface area contributed by atoms with Crippen LogP contribution in [0, 0.1) is 0 Å². The van der Waals surface area contributed by atoms with Crippen molar-refractivity contribution >= 4 is 76.0 Å². The van der Waals surface area contributed by atoms with Crippen molar-refractivity contribution in [3.05, 3.63) is 113 Å². The fraction of sp³-hybridized carbons (Fsp3) is 0.409. The van der Waals surface area contributed by atoms with E-state index in [0.29, 0.717) is 22.4 Å². The average molecular weight is 860 g/mol. The fourth-order valence-electron chi connectivity index (χ4n) is 6.06. The van der Waals surface area contributed by atoms with Crippen molar-refractivity contribution in [1.29, 1.82) is 0 Å². The first-order valence-electron chi connectivity index (χ1n) is 19.6. The van der Waals surface area contributed by atoms with Crippen molar-refractivity contribution in [1.82, 2.24) is 0 Å². The summed E-state index contributed by atoms with van der Waals surface area (Å²) in [6.07, 6.45) is 0. The molecule has 13 heteroatoms. The molecule has 4 aromatic carbocycles. The highest BCUT2D eigenvalue weighted by Crippen LogP contribution is 2.28. The minimum Gasteiger partial charge on any atom is -0.496 e. The standard InChI is InChI=1S/C22H30N2O2.C11H15NO2.C11H17NO.Al.3ClH/c1-6-23(7-2)18-12-10-17(11-13-18)22(25)20-15-14-19(16-21(20)26-5)24(8-3)9-4;1-3-12(4-2)10-7-5-9(6-8-10)11(13)14;1-3-12(4-2)11-7-5-6-10(8-11)9-13;;;;/h10-16H,6-9H2,1-5H3;5-8H,3-4H2,1-2H3,(H,13,14);5-8,13H,3-4,9H2,1-2H3;;3*1H/q;;;+3;;;/p-3. The Morgan fingerprint density at radius 1 is 0.561 bits per heavy atom. The molecule has 4 rings (SSSR count). The summed E-state index contributed by atoms with van der Waals surface area (Å²) in [5.41, 5.74) is 7.05. The summed E-state index contributed by atoms with van der Waals surface area (Å²) in [6.45, 7) is 24.6. The third-order valence-electron chi connectivity index (χ3n) is 9.28. The van der Waals surface area contributed by atoms with E-state index in [9.17, 15) is 9.59 Å². The van der Waals surface area contributed by atoms with Gasteiger partial charge in [0.2, 0.25) is 0 Å².